The number of unbranched alkanes of at least 4 members (excludes halogenated alkanes) is 6. The van der Waals surface area contributed by atoms with Gasteiger partial charge in [-0.2, -0.15) is 0 Å². The van der Waals surface area contributed by atoms with Gasteiger partial charge in [-0.05, 0) is 12.8 Å². The van der Waals surface area contributed by atoms with Crippen LogP contribution in [0.3, 0.4) is 0 Å². The van der Waals surface area contributed by atoms with Gasteiger partial charge in [0, 0.05) is 48.4 Å². The van der Waals surface area contributed by atoms with Gasteiger partial charge in [-0.25, -0.2) is 9.97 Å². The second-order valence-corrected chi connectivity index (χ2v) is 11.7. The Bertz CT molecular complexity index is 1360. The first-order chi connectivity index (χ1) is 20.8. The second kappa shape index (κ2) is 13.7. The standard InChI is InChI=1S/C36H44N4O2/c1-3-5-7-15-21-39-23-29-30-24-40(22-16-8-6-4-2)26-42-36(30)34-33(35(29)41-25-39)37-31(27-17-11-9-12-18-27)32(38-34)28-19-13-10-14-20-28/h9-14,17-20H,3-8,15-16,21-26H2,1-2H3. The minimum atomic E-state index is 0.581. The number of nitrogens with zero attached hydrogens (tertiary/aromatic N) is 4. The van der Waals surface area contributed by atoms with Crippen LogP contribution in [-0.2, 0) is 13.1 Å². The maximum absolute atomic E-state index is 6.61. The molecule has 2 aliphatic rings. The lowest BCUT2D eigenvalue weighted by atomic mass is 9.98. The summed E-state index contributed by atoms with van der Waals surface area (Å²) in [5.41, 5.74) is 7.89. The Morgan fingerprint density at radius 2 is 1.00 bits per heavy atom. The smallest absolute Gasteiger partial charge is 0.154 e. The normalized spacial score (nSPS) is 15.2. The molecule has 4 aromatic rings. The van der Waals surface area contributed by atoms with Gasteiger partial charge in [-0.1, -0.05) is 113 Å². The highest BCUT2D eigenvalue weighted by molar-refractivity contribution is 5.95. The van der Waals surface area contributed by atoms with Crippen LogP contribution in [0.1, 0.15) is 76.3 Å². The van der Waals surface area contributed by atoms with Crippen molar-refractivity contribution in [1.29, 1.82) is 0 Å². The van der Waals surface area contributed by atoms with Crippen molar-refractivity contribution in [1.82, 2.24) is 19.8 Å². The van der Waals surface area contributed by atoms with Crippen molar-refractivity contribution in [3.05, 3.63) is 71.8 Å². The van der Waals surface area contributed by atoms with Gasteiger partial charge in [-0.15, -0.1) is 0 Å². The van der Waals surface area contributed by atoms with E-state index < -0.39 is 0 Å². The van der Waals surface area contributed by atoms with Crippen molar-refractivity contribution < 1.29 is 9.47 Å². The number of aromatic nitrogens is 2. The average Bonchev–Trinajstić information content (AvgIpc) is 3.05. The molecule has 3 aromatic carbocycles. The average molecular weight is 565 g/mol. The number of rotatable bonds is 12. The van der Waals surface area contributed by atoms with E-state index in [-0.39, 0.29) is 0 Å². The summed E-state index contributed by atoms with van der Waals surface area (Å²) in [4.78, 5) is 15.6. The zero-order valence-electron chi connectivity index (χ0n) is 25.3. The predicted octanol–water partition coefficient (Wildman–Crippen LogP) is 8.43. The predicted molar refractivity (Wildman–Crippen MR) is 171 cm³/mol. The monoisotopic (exact) mass is 564 g/mol. The maximum Gasteiger partial charge on any atom is 0.154 e. The molecule has 3 heterocycles. The van der Waals surface area contributed by atoms with Crippen molar-refractivity contribution >= 4 is 11.0 Å². The van der Waals surface area contributed by atoms with E-state index >= 15 is 0 Å². The van der Waals surface area contributed by atoms with Crippen LogP contribution < -0.4 is 9.47 Å². The summed E-state index contributed by atoms with van der Waals surface area (Å²) in [5, 5.41) is 0. The third-order valence-corrected chi connectivity index (χ3v) is 8.54. The van der Waals surface area contributed by atoms with Gasteiger partial charge in [0.2, 0.25) is 0 Å². The molecule has 6 heteroatoms. The van der Waals surface area contributed by atoms with Crippen molar-refractivity contribution in [2.24, 2.45) is 0 Å². The molecule has 0 amide bonds. The molecule has 0 aliphatic carbocycles. The number of benzene rings is 3. The molecule has 1 aromatic heterocycles. The molecule has 0 fully saturated rings. The van der Waals surface area contributed by atoms with Gasteiger partial charge in [-0.3, -0.25) is 9.80 Å². The molecule has 6 nitrogen and oxygen atoms in total. The van der Waals surface area contributed by atoms with E-state index in [0.29, 0.717) is 13.5 Å². The van der Waals surface area contributed by atoms with Crippen LogP contribution in [0.4, 0.5) is 0 Å². The summed E-state index contributed by atoms with van der Waals surface area (Å²) in [6, 6.07) is 20.8. The molecule has 220 valence electrons. The van der Waals surface area contributed by atoms with Crippen LogP contribution in [0.5, 0.6) is 11.5 Å². The molecule has 0 saturated heterocycles. The van der Waals surface area contributed by atoms with E-state index in [0.717, 1.165) is 71.2 Å². The number of hydrogen-bond acceptors (Lipinski definition) is 6. The van der Waals surface area contributed by atoms with Gasteiger partial charge < -0.3 is 9.47 Å². The summed E-state index contributed by atoms with van der Waals surface area (Å²) in [7, 11) is 0. The first-order valence-electron chi connectivity index (χ1n) is 16.0. The Morgan fingerprint density at radius 1 is 0.571 bits per heavy atom. The quantitative estimate of drug-likeness (QED) is 0.161. The summed E-state index contributed by atoms with van der Waals surface area (Å²) in [6.45, 7) is 9.49. The SMILES string of the molecule is CCCCCCN1COc2c(c3c(c4nc(-c5ccccc5)c(-c5ccccc5)nc24)OCN(CCCCCC)C3)C1. The van der Waals surface area contributed by atoms with E-state index in [9.17, 15) is 0 Å². The number of ether oxygens (including phenoxy) is 2. The Morgan fingerprint density at radius 3 is 1.40 bits per heavy atom. The van der Waals surface area contributed by atoms with E-state index in [1.165, 1.54) is 62.5 Å². The fourth-order valence-electron chi connectivity index (χ4n) is 6.21. The first-order valence-corrected chi connectivity index (χ1v) is 16.0. The largest absolute Gasteiger partial charge is 0.475 e. The van der Waals surface area contributed by atoms with Crippen molar-refractivity contribution in [3.63, 3.8) is 0 Å². The summed E-state index contributed by atoms with van der Waals surface area (Å²) < 4.78 is 13.2. The molecule has 0 radical (unpaired) electrons. The van der Waals surface area contributed by atoms with Gasteiger partial charge >= 0.3 is 0 Å². The Labute approximate surface area is 250 Å². The van der Waals surface area contributed by atoms with Crippen LogP contribution >= 0.6 is 0 Å². The summed E-state index contributed by atoms with van der Waals surface area (Å²) >= 11 is 0. The highest BCUT2D eigenvalue weighted by Crippen LogP contribution is 2.45. The zero-order chi connectivity index (χ0) is 28.7. The maximum atomic E-state index is 6.61. The Hall–Kier alpha value is -3.48. The molecule has 6 rings (SSSR count). The molecule has 0 spiro atoms. The third-order valence-electron chi connectivity index (χ3n) is 8.54. The van der Waals surface area contributed by atoms with Crippen molar-refractivity contribution in [3.8, 4) is 34.0 Å². The lowest BCUT2D eigenvalue weighted by Crippen LogP contribution is -2.37. The second-order valence-electron chi connectivity index (χ2n) is 11.7. The van der Waals surface area contributed by atoms with Gasteiger partial charge in [0.1, 0.15) is 24.5 Å². The van der Waals surface area contributed by atoms with Gasteiger partial charge in [0.25, 0.3) is 0 Å². The van der Waals surface area contributed by atoms with Crippen molar-refractivity contribution in [2.45, 2.75) is 78.3 Å². The molecule has 0 unspecified atom stereocenters. The molecular formula is C36H44N4O2. The van der Waals surface area contributed by atoms with E-state index in [2.05, 4.69) is 72.2 Å². The highest BCUT2D eigenvalue weighted by Gasteiger charge is 2.32. The van der Waals surface area contributed by atoms with Crippen LogP contribution in [-0.4, -0.2) is 46.3 Å². The molecule has 0 N–H and O–H groups in total. The van der Waals surface area contributed by atoms with E-state index in [4.69, 9.17) is 19.4 Å². The molecule has 0 bridgehead atoms. The van der Waals surface area contributed by atoms with E-state index in [1.807, 2.05) is 12.1 Å². The molecule has 0 atom stereocenters. The molecule has 42 heavy (non-hydrogen) atoms. The zero-order valence-corrected chi connectivity index (χ0v) is 25.3. The fourth-order valence-corrected chi connectivity index (χ4v) is 6.21. The highest BCUT2D eigenvalue weighted by atomic mass is 16.5. The lowest BCUT2D eigenvalue weighted by molar-refractivity contribution is 0.0796. The van der Waals surface area contributed by atoms with E-state index in [1.54, 1.807) is 0 Å². The molecule has 0 saturated carbocycles. The molecular weight excluding hydrogens is 520 g/mol. The van der Waals surface area contributed by atoms with Crippen LogP contribution in [0.25, 0.3) is 33.5 Å². The minimum Gasteiger partial charge on any atom is -0.475 e. The van der Waals surface area contributed by atoms with Gasteiger partial charge in [0.05, 0.1) is 11.4 Å². The van der Waals surface area contributed by atoms with Gasteiger partial charge in [0.15, 0.2) is 11.5 Å². The summed E-state index contributed by atoms with van der Waals surface area (Å²) in [5.74, 6) is 1.77. The Kier molecular flexibility index (Phi) is 9.31. The summed E-state index contributed by atoms with van der Waals surface area (Å²) in [6.07, 6.45) is 9.98. The van der Waals surface area contributed by atoms with Crippen LogP contribution in [0, 0.1) is 0 Å². The van der Waals surface area contributed by atoms with Crippen molar-refractivity contribution in [2.75, 3.05) is 26.6 Å². The third kappa shape index (κ3) is 6.16. The molecule has 2 aliphatic heterocycles. The fraction of sp³-hybridized carbons (Fsp3) is 0.444. The topological polar surface area (TPSA) is 50.7 Å². The minimum absolute atomic E-state index is 0.581. The van der Waals surface area contributed by atoms with Crippen LogP contribution in [0.2, 0.25) is 0 Å². The number of fused-ring (bicyclic) bond motifs is 6. The first kappa shape index (κ1) is 28.6. The van der Waals surface area contributed by atoms with Crippen LogP contribution in [0.15, 0.2) is 60.7 Å². The lowest BCUT2D eigenvalue weighted by Gasteiger charge is -2.36. The number of hydrogen-bond donors (Lipinski definition) is 0. The Balaban J connectivity index is 1.46.